The second kappa shape index (κ2) is 9.09. The van der Waals surface area contributed by atoms with Gasteiger partial charge in [-0.25, -0.2) is 4.98 Å². The number of carbonyl (C=O) groups excluding carboxylic acids is 1. The van der Waals surface area contributed by atoms with Crippen molar-refractivity contribution in [2.24, 2.45) is 0 Å². The predicted molar refractivity (Wildman–Crippen MR) is 104 cm³/mol. The highest BCUT2D eigenvalue weighted by Crippen LogP contribution is 2.16. The molecule has 10 heteroatoms. The molecule has 10 nitrogen and oxygen atoms in total. The van der Waals surface area contributed by atoms with Gasteiger partial charge < -0.3 is 20.3 Å². The van der Waals surface area contributed by atoms with Crippen molar-refractivity contribution in [2.45, 2.75) is 6.92 Å². The first-order valence-electron chi connectivity index (χ1n) is 8.98. The minimum Gasteiger partial charge on any atom is -0.378 e. The Balaban J connectivity index is 1.50. The zero-order valence-corrected chi connectivity index (χ0v) is 15.6. The fourth-order valence-electron chi connectivity index (χ4n) is 2.77. The number of carbonyl (C=O) groups is 1. The van der Waals surface area contributed by atoms with Gasteiger partial charge >= 0.3 is 0 Å². The van der Waals surface area contributed by atoms with E-state index in [9.17, 15) is 14.9 Å². The first-order valence-corrected chi connectivity index (χ1v) is 8.98. The molecule has 1 aromatic heterocycles. The van der Waals surface area contributed by atoms with Gasteiger partial charge in [-0.2, -0.15) is 4.98 Å². The molecule has 0 unspecified atom stereocenters. The smallest absolute Gasteiger partial charge is 0.269 e. The van der Waals surface area contributed by atoms with Crippen molar-refractivity contribution in [3.63, 3.8) is 0 Å². The Hall–Kier alpha value is -3.27. The van der Waals surface area contributed by atoms with Crippen LogP contribution in [0.15, 0.2) is 30.3 Å². The minimum absolute atomic E-state index is 0.0501. The van der Waals surface area contributed by atoms with E-state index in [1.807, 2.05) is 13.0 Å². The first-order chi connectivity index (χ1) is 13.5. The zero-order valence-electron chi connectivity index (χ0n) is 15.6. The Labute approximate surface area is 162 Å². The van der Waals surface area contributed by atoms with Crippen molar-refractivity contribution < 1.29 is 14.5 Å². The van der Waals surface area contributed by atoms with Gasteiger partial charge in [0.25, 0.3) is 11.6 Å². The maximum Gasteiger partial charge on any atom is 0.269 e. The number of hydrogen-bond acceptors (Lipinski definition) is 8. The van der Waals surface area contributed by atoms with E-state index in [2.05, 4.69) is 25.5 Å². The van der Waals surface area contributed by atoms with Crippen LogP contribution in [0.1, 0.15) is 16.1 Å². The third kappa shape index (κ3) is 5.13. The number of ether oxygens (including phenoxy) is 1. The van der Waals surface area contributed by atoms with Crippen LogP contribution in [0, 0.1) is 17.0 Å². The fraction of sp³-hybridized carbons (Fsp3) is 0.389. The quantitative estimate of drug-likeness (QED) is 0.416. The summed E-state index contributed by atoms with van der Waals surface area (Å²) in [4.78, 5) is 33.3. The van der Waals surface area contributed by atoms with Crippen LogP contribution < -0.4 is 15.5 Å². The summed E-state index contributed by atoms with van der Waals surface area (Å²) >= 11 is 0. The van der Waals surface area contributed by atoms with Gasteiger partial charge in [-0.05, 0) is 19.1 Å². The molecule has 2 N–H and O–H groups in total. The molecule has 0 spiro atoms. The van der Waals surface area contributed by atoms with Gasteiger partial charge in [0.2, 0.25) is 5.95 Å². The predicted octanol–water partition coefficient (Wildman–Crippen LogP) is 1.37. The number of nitrogens with zero attached hydrogens (tertiary/aromatic N) is 4. The molecule has 1 amide bonds. The van der Waals surface area contributed by atoms with Crippen molar-refractivity contribution >= 4 is 23.4 Å². The van der Waals surface area contributed by atoms with E-state index in [0.717, 1.165) is 24.6 Å². The molecule has 148 valence electrons. The van der Waals surface area contributed by atoms with Crippen molar-refractivity contribution in [3.05, 3.63) is 51.7 Å². The van der Waals surface area contributed by atoms with Crippen molar-refractivity contribution in [1.82, 2.24) is 15.3 Å². The number of benzene rings is 1. The Morgan fingerprint density at radius 3 is 2.61 bits per heavy atom. The number of aromatic nitrogens is 2. The van der Waals surface area contributed by atoms with Gasteiger partial charge in [-0.3, -0.25) is 14.9 Å². The summed E-state index contributed by atoms with van der Waals surface area (Å²) in [6.07, 6.45) is 0. The lowest BCUT2D eigenvalue weighted by Crippen LogP contribution is -2.37. The van der Waals surface area contributed by atoms with Crippen LogP contribution >= 0.6 is 0 Å². The summed E-state index contributed by atoms with van der Waals surface area (Å²) in [5.41, 5.74) is 1.17. The van der Waals surface area contributed by atoms with E-state index in [0.29, 0.717) is 37.8 Å². The lowest BCUT2D eigenvalue weighted by atomic mass is 10.2. The Morgan fingerprint density at radius 1 is 1.21 bits per heavy atom. The van der Waals surface area contributed by atoms with Crippen LogP contribution in [0.2, 0.25) is 0 Å². The maximum absolute atomic E-state index is 12.1. The summed E-state index contributed by atoms with van der Waals surface area (Å²) < 4.78 is 5.36. The highest BCUT2D eigenvalue weighted by molar-refractivity contribution is 5.94. The monoisotopic (exact) mass is 386 g/mol. The van der Waals surface area contributed by atoms with E-state index in [4.69, 9.17) is 4.74 Å². The van der Waals surface area contributed by atoms with Crippen LogP contribution in [0.3, 0.4) is 0 Å². The van der Waals surface area contributed by atoms with Crippen LogP contribution in [0.25, 0.3) is 0 Å². The molecule has 0 saturated carbocycles. The number of hydrogen-bond donors (Lipinski definition) is 2. The maximum atomic E-state index is 12.1. The number of non-ortho nitro benzene ring substituents is 1. The molecule has 2 aromatic rings. The molecular weight excluding hydrogens is 364 g/mol. The van der Waals surface area contributed by atoms with E-state index in [1.165, 1.54) is 24.3 Å². The number of morpholine rings is 1. The molecule has 1 aromatic carbocycles. The SMILES string of the molecule is Cc1cc(N2CCOCC2)nc(NCCNC(=O)c2ccc([N+](=O)[O-])cc2)n1. The van der Waals surface area contributed by atoms with Gasteiger partial charge in [0.1, 0.15) is 5.82 Å². The molecular formula is C18H22N6O4. The lowest BCUT2D eigenvalue weighted by molar-refractivity contribution is -0.384. The largest absolute Gasteiger partial charge is 0.378 e. The van der Waals surface area contributed by atoms with Gasteiger partial charge in [0.05, 0.1) is 18.1 Å². The lowest BCUT2D eigenvalue weighted by Gasteiger charge is -2.28. The van der Waals surface area contributed by atoms with Crippen LogP contribution in [-0.2, 0) is 4.74 Å². The van der Waals surface area contributed by atoms with Crippen molar-refractivity contribution in [1.29, 1.82) is 0 Å². The molecule has 28 heavy (non-hydrogen) atoms. The molecule has 1 aliphatic rings. The fourth-order valence-corrected chi connectivity index (χ4v) is 2.77. The molecule has 0 bridgehead atoms. The number of anilines is 2. The average molecular weight is 386 g/mol. The number of aryl methyl sites for hydroxylation is 1. The van der Waals surface area contributed by atoms with E-state index >= 15 is 0 Å². The molecule has 0 aliphatic carbocycles. The second-order valence-electron chi connectivity index (χ2n) is 6.28. The summed E-state index contributed by atoms with van der Waals surface area (Å²) in [6.45, 7) is 5.67. The van der Waals surface area contributed by atoms with E-state index in [1.54, 1.807) is 0 Å². The summed E-state index contributed by atoms with van der Waals surface area (Å²) in [5.74, 6) is 1.06. The van der Waals surface area contributed by atoms with Gasteiger partial charge in [0.15, 0.2) is 0 Å². The molecule has 2 heterocycles. The standard InChI is InChI=1S/C18H22N6O4/c1-13-12-16(23-8-10-28-11-9-23)22-18(21-13)20-7-6-19-17(25)14-2-4-15(5-3-14)24(26)27/h2-5,12H,6-11H2,1H3,(H,19,25)(H,20,21,22). The molecule has 1 saturated heterocycles. The zero-order chi connectivity index (χ0) is 19.9. The number of rotatable bonds is 7. The average Bonchev–Trinajstić information content (AvgIpc) is 2.71. The minimum atomic E-state index is -0.501. The summed E-state index contributed by atoms with van der Waals surface area (Å²) in [5, 5.41) is 16.5. The molecule has 0 radical (unpaired) electrons. The van der Waals surface area contributed by atoms with Gasteiger partial charge in [-0.1, -0.05) is 0 Å². The second-order valence-corrected chi connectivity index (χ2v) is 6.28. The Morgan fingerprint density at radius 2 is 1.93 bits per heavy atom. The Kier molecular flexibility index (Phi) is 6.33. The highest BCUT2D eigenvalue weighted by atomic mass is 16.6. The molecule has 1 aliphatic heterocycles. The summed E-state index contributed by atoms with van der Waals surface area (Å²) in [6, 6.07) is 7.41. The normalized spacial score (nSPS) is 13.8. The third-order valence-electron chi connectivity index (χ3n) is 4.21. The van der Waals surface area contributed by atoms with Crippen LogP contribution in [0.4, 0.5) is 17.5 Å². The van der Waals surface area contributed by atoms with Crippen LogP contribution in [0.5, 0.6) is 0 Å². The number of amides is 1. The van der Waals surface area contributed by atoms with Gasteiger partial charge in [0, 0.05) is 55.6 Å². The third-order valence-corrected chi connectivity index (χ3v) is 4.21. The van der Waals surface area contributed by atoms with Crippen molar-refractivity contribution in [2.75, 3.05) is 49.6 Å². The number of nitro groups is 1. The summed E-state index contributed by atoms with van der Waals surface area (Å²) in [7, 11) is 0. The molecule has 1 fully saturated rings. The Bertz CT molecular complexity index is 836. The molecule has 3 rings (SSSR count). The van der Waals surface area contributed by atoms with Crippen molar-refractivity contribution in [3.8, 4) is 0 Å². The number of nitrogens with one attached hydrogen (secondary N) is 2. The van der Waals surface area contributed by atoms with E-state index < -0.39 is 4.92 Å². The van der Waals surface area contributed by atoms with E-state index in [-0.39, 0.29) is 11.6 Å². The first kappa shape index (κ1) is 19.5. The number of nitro benzene ring substituents is 1. The topological polar surface area (TPSA) is 123 Å². The van der Waals surface area contributed by atoms with Gasteiger partial charge in [-0.15, -0.1) is 0 Å². The molecule has 0 atom stereocenters. The van der Waals surface area contributed by atoms with Crippen LogP contribution in [-0.4, -0.2) is 60.2 Å². The highest BCUT2D eigenvalue weighted by Gasteiger charge is 2.14.